The molecule has 94 valence electrons. The van der Waals surface area contributed by atoms with Crippen LogP contribution < -0.4 is 5.73 Å². The van der Waals surface area contributed by atoms with E-state index >= 15 is 0 Å². The van der Waals surface area contributed by atoms with Crippen LogP contribution >= 0.6 is 0 Å². The maximum Gasteiger partial charge on any atom is 0.0663 e. The van der Waals surface area contributed by atoms with Crippen molar-refractivity contribution in [1.82, 2.24) is 9.80 Å². The first-order valence-electron chi connectivity index (χ1n) is 6.45. The third-order valence-electron chi connectivity index (χ3n) is 4.18. The van der Waals surface area contributed by atoms with Crippen molar-refractivity contribution in [1.29, 1.82) is 0 Å². The van der Waals surface area contributed by atoms with E-state index in [0.717, 1.165) is 39.3 Å². The van der Waals surface area contributed by atoms with Gasteiger partial charge in [0, 0.05) is 45.4 Å². The quantitative estimate of drug-likeness (QED) is 0.744. The first-order valence-corrected chi connectivity index (χ1v) is 6.45. The average molecular weight is 227 g/mol. The molecule has 0 amide bonds. The third kappa shape index (κ3) is 2.25. The number of nitrogens with zero attached hydrogens (tertiary/aromatic N) is 2. The van der Waals surface area contributed by atoms with Crippen LogP contribution in [0.25, 0.3) is 0 Å². The Kier molecular flexibility index (Phi) is 3.85. The normalized spacial score (nSPS) is 33.8. The SMILES string of the molecule is CC(C)N1CCN(C2(CN)CCOC2)CC1. The Morgan fingerprint density at radius 3 is 2.38 bits per heavy atom. The Labute approximate surface area is 98.7 Å². The van der Waals surface area contributed by atoms with Crippen molar-refractivity contribution in [2.24, 2.45) is 5.73 Å². The van der Waals surface area contributed by atoms with Gasteiger partial charge < -0.3 is 10.5 Å². The molecule has 0 radical (unpaired) electrons. The molecule has 2 N–H and O–H groups in total. The second-order valence-corrected chi connectivity index (χ2v) is 5.35. The molecule has 1 atom stereocenters. The van der Waals surface area contributed by atoms with E-state index in [1.54, 1.807) is 0 Å². The molecule has 2 fully saturated rings. The summed E-state index contributed by atoms with van der Waals surface area (Å²) in [6, 6.07) is 0.663. The van der Waals surface area contributed by atoms with Crippen molar-refractivity contribution < 1.29 is 4.74 Å². The maximum absolute atomic E-state index is 5.96. The molecule has 0 spiro atoms. The summed E-state index contributed by atoms with van der Waals surface area (Å²) < 4.78 is 5.54. The monoisotopic (exact) mass is 227 g/mol. The molecule has 0 aromatic rings. The number of hydrogen-bond acceptors (Lipinski definition) is 4. The highest BCUT2D eigenvalue weighted by atomic mass is 16.5. The molecule has 1 unspecified atom stereocenters. The van der Waals surface area contributed by atoms with Gasteiger partial charge in [0.15, 0.2) is 0 Å². The van der Waals surface area contributed by atoms with Crippen LogP contribution in [-0.2, 0) is 4.74 Å². The molecule has 0 aliphatic carbocycles. The average Bonchev–Trinajstić information content (AvgIpc) is 2.79. The molecule has 0 saturated carbocycles. The minimum atomic E-state index is 0.142. The van der Waals surface area contributed by atoms with Gasteiger partial charge in [-0.05, 0) is 20.3 Å². The molecule has 2 rings (SSSR count). The summed E-state index contributed by atoms with van der Waals surface area (Å²) in [7, 11) is 0. The van der Waals surface area contributed by atoms with E-state index in [1.807, 2.05) is 0 Å². The smallest absolute Gasteiger partial charge is 0.0663 e. The van der Waals surface area contributed by atoms with E-state index in [1.165, 1.54) is 13.1 Å². The molecule has 0 bridgehead atoms. The van der Waals surface area contributed by atoms with Crippen LogP contribution in [0.5, 0.6) is 0 Å². The largest absolute Gasteiger partial charge is 0.379 e. The van der Waals surface area contributed by atoms with Crippen molar-refractivity contribution >= 4 is 0 Å². The topological polar surface area (TPSA) is 41.7 Å². The summed E-state index contributed by atoms with van der Waals surface area (Å²) in [5.41, 5.74) is 6.10. The van der Waals surface area contributed by atoms with Crippen molar-refractivity contribution in [3.05, 3.63) is 0 Å². The molecule has 16 heavy (non-hydrogen) atoms. The predicted octanol–water partition coefficient (Wildman–Crippen LogP) is 0.130. The summed E-state index contributed by atoms with van der Waals surface area (Å²) in [6.07, 6.45) is 1.10. The molecule has 2 aliphatic heterocycles. The van der Waals surface area contributed by atoms with Gasteiger partial charge in [-0.25, -0.2) is 0 Å². The van der Waals surface area contributed by atoms with Crippen molar-refractivity contribution in [2.75, 3.05) is 45.9 Å². The zero-order valence-electron chi connectivity index (χ0n) is 10.6. The second-order valence-electron chi connectivity index (χ2n) is 5.35. The van der Waals surface area contributed by atoms with Gasteiger partial charge in [0.2, 0.25) is 0 Å². The lowest BCUT2D eigenvalue weighted by Crippen LogP contribution is -2.61. The molecule has 2 heterocycles. The standard InChI is InChI=1S/C12H25N3O/c1-11(2)14-4-6-15(7-5-14)12(9-13)3-8-16-10-12/h11H,3-10,13H2,1-2H3. The van der Waals surface area contributed by atoms with Gasteiger partial charge in [0.05, 0.1) is 12.1 Å². The number of nitrogens with two attached hydrogens (primary N) is 1. The Hall–Kier alpha value is -0.160. The number of rotatable bonds is 3. The summed E-state index contributed by atoms with van der Waals surface area (Å²) >= 11 is 0. The minimum Gasteiger partial charge on any atom is -0.379 e. The fraction of sp³-hybridized carbons (Fsp3) is 1.00. The first kappa shape index (κ1) is 12.3. The lowest BCUT2D eigenvalue weighted by molar-refractivity contribution is 0.0189. The van der Waals surface area contributed by atoms with E-state index in [-0.39, 0.29) is 5.54 Å². The van der Waals surface area contributed by atoms with E-state index in [9.17, 15) is 0 Å². The first-order chi connectivity index (χ1) is 7.68. The highest BCUT2D eigenvalue weighted by Crippen LogP contribution is 2.26. The molecule has 2 saturated heterocycles. The van der Waals surface area contributed by atoms with Gasteiger partial charge in [0.1, 0.15) is 0 Å². The summed E-state index contributed by atoms with van der Waals surface area (Å²) in [5, 5.41) is 0. The molecule has 2 aliphatic rings. The Morgan fingerprint density at radius 1 is 1.25 bits per heavy atom. The fourth-order valence-corrected chi connectivity index (χ4v) is 2.85. The predicted molar refractivity (Wildman–Crippen MR) is 65.5 cm³/mol. The molecule has 4 heteroatoms. The summed E-state index contributed by atoms with van der Waals surface area (Å²) in [5.74, 6) is 0. The molecule has 4 nitrogen and oxygen atoms in total. The molecular formula is C12H25N3O. The van der Waals surface area contributed by atoms with Crippen LogP contribution in [0.1, 0.15) is 20.3 Å². The lowest BCUT2D eigenvalue weighted by atomic mass is 9.95. The lowest BCUT2D eigenvalue weighted by Gasteiger charge is -2.45. The van der Waals surface area contributed by atoms with Crippen molar-refractivity contribution in [2.45, 2.75) is 31.8 Å². The summed E-state index contributed by atoms with van der Waals surface area (Å²) in [4.78, 5) is 5.09. The number of ether oxygens (including phenoxy) is 1. The van der Waals surface area contributed by atoms with Crippen LogP contribution in [0.15, 0.2) is 0 Å². The van der Waals surface area contributed by atoms with Gasteiger partial charge >= 0.3 is 0 Å². The van der Waals surface area contributed by atoms with Gasteiger partial charge in [-0.2, -0.15) is 0 Å². The van der Waals surface area contributed by atoms with Gasteiger partial charge in [-0.15, -0.1) is 0 Å². The maximum atomic E-state index is 5.96. The van der Waals surface area contributed by atoms with Crippen LogP contribution in [0, 0.1) is 0 Å². The number of hydrogen-bond donors (Lipinski definition) is 1. The highest BCUT2D eigenvalue weighted by Gasteiger charge is 2.40. The highest BCUT2D eigenvalue weighted by molar-refractivity contribution is 4.97. The third-order valence-corrected chi connectivity index (χ3v) is 4.18. The summed E-state index contributed by atoms with van der Waals surface area (Å²) in [6.45, 7) is 11.6. The van der Waals surface area contributed by atoms with Crippen LogP contribution in [0.4, 0.5) is 0 Å². The van der Waals surface area contributed by atoms with Gasteiger partial charge in [-0.3, -0.25) is 9.80 Å². The molecule has 0 aromatic heterocycles. The van der Waals surface area contributed by atoms with Crippen LogP contribution in [-0.4, -0.2) is 67.3 Å². The van der Waals surface area contributed by atoms with Crippen molar-refractivity contribution in [3.63, 3.8) is 0 Å². The molecule has 0 aromatic carbocycles. The Morgan fingerprint density at radius 2 is 1.94 bits per heavy atom. The van der Waals surface area contributed by atoms with E-state index in [0.29, 0.717) is 6.04 Å². The van der Waals surface area contributed by atoms with Crippen LogP contribution in [0.3, 0.4) is 0 Å². The minimum absolute atomic E-state index is 0.142. The van der Waals surface area contributed by atoms with E-state index in [2.05, 4.69) is 23.6 Å². The number of piperazine rings is 1. The zero-order chi connectivity index (χ0) is 11.6. The Bertz CT molecular complexity index is 218. The zero-order valence-corrected chi connectivity index (χ0v) is 10.6. The van der Waals surface area contributed by atoms with Gasteiger partial charge in [-0.1, -0.05) is 0 Å². The van der Waals surface area contributed by atoms with Crippen LogP contribution in [0.2, 0.25) is 0 Å². The van der Waals surface area contributed by atoms with Crippen molar-refractivity contribution in [3.8, 4) is 0 Å². The van der Waals surface area contributed by atoms with E-state index < -0.39 is 0 Å². The van der Waals surface area contributed by atoms with E-state index in [4.69, 9.17) is 10.5 Å². The Balaban J connectivity index is 1.92. The molecular weight excluding hydrogens is 202 g/mol. The fourth-order valence-electron chi connectivity index (χ4n) is 2.85. The second kappa shape index (κ2) is 5.00. The van der Waals surface area contributed by atoms with Gasteiger partial charge in [0.25, 0.3) is 0 Å².